The molecule has 4 nitrogen and oxygen atoms in total. The Labute approximate surface area is 94.9 Å². The van der Waals surface area contributed by atoms with Crippen molar-refractivity contribution in [3.05, 3.63) is 27.3 Å². The van der Waals surface area contributed by atoms with Crippen molar-refractivity contribution in [2.75, 3.05) is 0 Å². The number of carbonyl (C=O) groups is 1. The van der Waals surface area contributed by atoms with Gasteiger partial charge in [-0.3, -0.25) is 4.79 Å². The second-order valence-corrected chi connectivity index (χ2v) is 4.09. The molecule has 1 aromatic rings. The van der Waals surface area contributed by atoms with Crippen LogP contribution in [0.1, 0.15) is 5.56 Å². The summed E-state index contributed by atoms with van der Waals surface area (Å²) >= 11 is 2.03. The maximum Gasteiger partial charge on any atom is 0.320 e. The van der Waals surface area contributed by atoms with E-state index in [1.165, 1.54) is 6.07 Å². The summed E-state index contributed by atoms with van der Waals surface area (Å²) in [5.41, 5.74) is 6.22. The van der Waals surface area contributed by atoms with Gasteiger partial charge in [-0.15, -0.1) is 0 Å². The van der Waals surface area contributed by atoms with Crippen molar-refractivity contribution >= 4 is 28.6 Å². The highest BCUT2D eigenvalue weighted by Crippen LogP contribution is 2.19. The maximum atomic E-state index is 10.5. The van der Waals surface area contributed by atoms with E-state index in [2.05, 4.69) is 0 Å². The molecule has 0 heterocycles. The molecule has 0 saturated carbocycles. The molecule has 0 aliphatic heterocycles. The lowest BCUT2D eigenvalue weighted by Gasteiger charge is -2.08. The standard InChI is InChI=1S/C9H10INO3/c10-7-4-6(12)2-1-5(7)3-8(11)9(13)14/h1-2,4,8,12H,3,11H2,(H,13,14). The number of nitrogens with two attached hydrogens (primary N) is 1. The van der Waals surface area contributed by atoms with Gasteiger partial charge >= 0.3 is 5.97 Å². The third kappa shape index (κ3) is 2.85. The molecule has 1 unspecified atom stereocenters. The summed E-state index contributed by atoms with van der Waals surface area (Å²) in [5.74, 6) is -0.851. The first kappa shape index (κ1) is 11.3. The van der Waals surface area contributed by atoms with Gasteiger partial charge in [0.15, 0.2) is 0 Å². The van der Waals surface area contributed by atoms with Gasteiger partial charge in [0.05, 0.1) is 0 Å². The maximum absolute atomic E-state index is 10.5. The lowest BCUT2D eigenvalue weighted by atomic mass is 10.1. The van der Waals surface area contributed by atoms with Crippen molar-refractivity contribution in [3.8, 4) is 5.75 Å². The first-order chi connectivity index (χ1) is 6.50. The van der Waals surface area contributed by atoms with Gasteiger partial charge < -0.3 is 15.9 Å². The fourth-order valence-corrected chi connectivity index (χ4v) is 1.75. The summed E-state index contributed by atoms with van der Waals surface area (Å²) in [5, 5.41) is 17.7. The highest BCUT2D eigenvalue weighted by atomic mass is 127. The molecule has 1 atom stereocenters. The van der Waals surface area contributed by atoms with Crippen molar-refractivity contribution in [2.45, 2.75) is 12.5 Å². The molecule has 0 bridgehead atoms. The fraction of sp³-hybridized carbons (Fsp3) is 0.222. The fourth-order valence-electron chi connectivity index (χ4n) is 1.03. The largest absolute Gasteiger partial charge is 0.508 e. The van der Waals surface area contributed by atoms with Crippen LogP contribution in [0.2, 0.25) is 0 Å². The monoisotopic (exact) mass is 307 g/mol. The van der Waals surface area contributed by atoms with E-state index in [1.807, 2.05) is 22.6 Å². The van der Waals surface area contributed by atoms with Gasteiger partial charge in [0.2, 0.25) is 0 Å². The molecule has 14 heavy (non-hydrogen) atoms. The van der Waals surface area contributed by atoms with Gasteiger partial charge in [0.25, 0.3) is 0 Å². The van der Waals surface area contributed by atoms with Gasteiger partial charge in [-0.05, 0) is 46.7 Å². The van der Waals surface area contributed by atoms with E-state index in [4.69, 9.17) is 15.9 Å². The summed E-state index contributed by atoms with van der Waals surface area (Å²) in [6.07, 6.45) is 0.272. The van der Waals surface area contributed by atoms with Crippen LogP contribution in [0.4, 0.5) is 0 Å². The zero-order chi connectivity index (χ0) is 10.7. The number of phenolic OH excluding ortho intramolecular Hbond substituents is 1. The summed E-state index contributed by atoms with van der Waals surface area (Å²) in [4.78, 5) is 10.5. The quantitative estimate of drug-likeness (QED) is 0.726. The zero-order valence-corrected chi connectivity index (χ0v) is 9.43. The average molecular weight is 307 g/mol. The molecule has 5 heteroatoms. The number of carboxylic acid groups (broad SMARTS) is 1. The second-order valence-electron chi connectivity index (χ2n) is 2.92. The number of hydrogen-bond acceptors (Lipinski definition) is 3. The van der Waals surface area contributed by atoms with Gasteiger partial charge in [0, 0.05) is 3.57 Å². The second kappa shape index (κ2) is 4.61. The molecule has 1 rings (SSSR count). The van der Waals surface area contributed by atoms with Gasteiger partial charge in [-0.2, -0.15) is 0 Å². The molecule has 0 amide bonds. The number of hydrogen-bond donors (Lipinski definition) is 3. The van der Waals surface area contributed by atoms with Crippen LogP contribution in [0, 0.1) is 3.57 Å². The number of aliphatic carboxylic acids is 1. The third-order valence-electron chi connectivity index (χ3n) is 1.79. The van der Waals surface area contributed by atoms with Crippen LogP contribution in [0.5, 0.6) is 5.75 Å². The first-order valence-electron chi connectivity index (χ1n) is 3.96. The minimum Gasteiger partial charge on any atom is -0.508 e. The Morgan fingerprint density at radius 2 is 2.21 bits per heavy atom. The van der Waals surface area contributed by atoms with Crippen LogP contribution in [0.25, 0.3) is 0 Å². The van der Waals surface area contributed by atoms with E-state index >= 15 is 0 Å². The molecular weight excluding hydrogens is 297 g/mol. The lowest BCUT2D eigenvalue weighted by Crippen LogP contribution is -2.32. The van der Waals surface area contributed by atoms with Crippen molar-refractivity contribution in [1.29, 1.82) is 0 Å². The van der Waals surface area contributed by atoms with E-state index in [0.29, 0.717) is 0 Å². The Kier molecular flexibility index (Phi) is 3.70. The number of aromatic hydroxyl groups is 1. The number of carboxylic acids is 1. The average Bonchev–Trinajstić information content (AvgIpc) is 2.09. The molecule has 76 valence electrons. The highest BCUT2D eigenvalue weighted by Gasteiger charge is 2.13. The Hall–Kier alpha value is -0.820. The molecule has 0 radical (unpaired) electrons. The predicted molar refractivity (Wildman–Crippen MR) is 60.1 cm³/mol. The van der Waals surface area contributed by atoms with Crippen LogP contribution in [-0.2, 0) is 11.2 Å². The van der Waals surface area contributed by atoms with E-state index < -0.39 is 12.0 Å². The van der Waals surface area contributed by atoms with Crippen LogP contribution < -0.4 is 5.73 Å². The number of rotatable bonds is 3. The summed E-state index contributed by atoms with van der Waals surface area (Å²) in [6, 6.07) is 3.88. The van der Waals surface area contributed by atoms with Crippen LogP contribution >= 0.6 is 22.6 Å². The topological polar surface area (TPSA) is 83.5 Å². The van der Waals surface area contributed by atoms with Crippen molar-refractivity contribution in [3.63, 3.8) is 0 Å². The van der Waals surface area contributed by atoms with E-state index in [9.17, 15) is 4.79 Å². The molecule has 0 aromatic heterocycles. The minimum atomic E-state index is -1.02. The van der Waals surface area contributed by atoms with Crippen LogP contribution in [0.3, 0.4) is 0 Å². The molecule has 0 saturated heterocycles. The smallest absolute Gasteiger partial charge is 0.320 e. The van der Waals surface area contributed by atoms with E-state index in [1.54, 1.807) is 12.1 Å². The predicted octanol–water partition coefficient (Wildman–Crippen LogP) is 0.951. The third-order valence-corrected chi connectivity index (χ3v) is 2.80. The summed E-state index contributed by atoms with van der Waals surface area (Å²) in [7, 11) is 0. The Morgan fingerprint density at radius 1 is 1.57 bits per heavy atom. The summed E-state index contributed by atoms with van der Waals surface area (Å²) in [6.45, 7) is 0. The summed E-state index contributed by atoms with van der Waals surface area (Å²) < 4.78 is 0.819. The van der Waals surface area contributed by atoms with Crippen LogP contribution in [0.15, 0.2) is 18.2 Å². The Morgan fingerprint density at radius 3 is 2.71 bits per heavy atom. The van der Waals surface area contributed by atoms with Crippen molar-refractivity contribution in [1.82, 2.24) is 0 Å². The number of benzene rings is 1. The molecule has 4 N–H and O–H groups in total. The molecular formula is C9H10INO3. The number of halogens is 1. The van der Waals surface area contributed by atoms with Gasteiger partial charge in [-0.25, -0.2) is 0 Å². The van der Waals surface area contributed by atoms with Crippen molar-refractivity contribution < 1.29 is 15.0 Å². The van der Waals surface area contributed by atoms with Crippen LogP contribution in [-0.4, -0.2) is 22.2 Å². The van der Waals surface area contributed by atoms with Crippen molar-refractivity contribution in [2.24, 2.45) is 5.73 Å². The SMILES string of the molecule is NC(Cc1ccc(O)cc1I)C(=O)O. The van der Waals surface area contributed by atoms with E-state index in [-0.39, 0.29) is 12.2 Å². The molecule has 0 fully saturated rings. The first-order valence-corrected chi connectivity index (χ1v) is 5.04. The minimum absolute atomic E-state index is 0.169. The lowest BCUT2D eigenvalue weighted by molar-refractivity contribution is -0.138. The Balaban J connectivity index is 2.82. The highest BCUT2D eigenvalue weighted by molar-refractivity contribution is 14.1. The van der Waals surface area contributed by atoms with Gasteiger partial charge in [-0.1, -0.05) is 6.07 Å². The molecule has 0 spiro atoms. The Bertz CT molecular complexity index is 354. The molecule has 0 aliphatic carbocycles. The normalized spacial score (nSPS) is 12.4. The molecule has 0 aliphatic rings. The van der Waals surface area contributed by atoms with Gasteiger partial charge in [0.1, 0.15) is 11.8 Å². The zero-order valence-electron chi connectivity index (χ0n) is 7.27. The van der Waals surface area contributed by atoms with E-state index in [0.717, 1.165) is 9.13 Å². The molecule has 1 aromatic carbocycles. The number of phenols is 1.